The Hall–Kier alpha value is -2.18. The first-order valence-corrected chi connectivity index (χ1v) is 6.06. The largest absolute Gasteiger partial charge is 0.480 e. The number of nitrogens with zero attached hydrogens (tertiary/aromatic N) is 2. The van der Waals surface area contributed by atoms with Gasteiger partial charge in [-0.3, -0.25) is 10.1 Å². The molecule has 2 N–H and O–H groups in total. The maximum atomic E-state index is 11.1. The summed E-state index contributed by atoms with van der Waals surface area (Å²) in [6, 6.07) is 0.502. The molecule has 1 aromatic heterocycles. The van der Waals surface area contributed by atoms with Crippen LogP contribution in [-0.2, 0) is 4.79 Å². The van der Waals surface area contributed by atoms with Crippen LogP contribution < -0.4 is 5.32 Å². The smallest absolute Gasteiger partial charge is 0.326 e. The lowest BCUT2D eigenvalue weighted by Gasteiger charge is -2.14. The second-order valence-electron chi connectivity index (χ2n) is 4.31. The van der Waals surface area contributed by atoms with Gasteiger partial charge in [-0.15, -0.1) is 0 Å². The Morgan fingerprint density at radius 1 is 1.63 bits per heavy atom. The summed E-state index contributed by atoms with van der Waals surface area (Å²) in [6.07, 6.45) is 3.45. The first-order valence-electron chi connectivity index (χ1n) is 6.06. The fraction of sp³-hybridized carbons (Fsp3) is 0.500. The molecule has 1 rings (SSSR count). The Balaban J connectivity index is 2.95. The van der Waals surface area contributed by atoms with Crippen molar-refractivity contribution in [1.82, 2.24) is 4.98 Å². The number of carbonyl (C=O) groups is 1. The number of anilines is 1. The molecule has 0 aliphatic carbocycles. The van der Waals surface area contributed by atoms with Crippen LogP contribution in [-0.4, -0.2) is 27.0 Å². The second kappa shape index (κ2) is 6.67. The number of aliphatic carboxylic acids is 1. The molecule has 0 amide bonds. The third-order valence-corrected chi connectivity index (χ3v) is 2.66. The van der Waals surface area contributed by atoms with Gasteiger partial charge in [0, 0.05) is 12.3 Å². The van der Waals surface area contributed by atoms with Crippen LogP contribution in [0, 0.1) is 17.0 Å². The number of aryl methyl sites for hydroxylation is 1. The van der Waals surface area contributed by atoms with Crippen molar-refractivity contribution in [3.05, 3.63) is 27.9 Å². The predicted molar refractivity (Wildman–Crippen MR) is 70.2 cm³/mol. The molecule has 0 aliphatic heterocycles. The molecule has 7 heteroatoms. The molecule has 0 radical (unpaired) electrons. The highest BCUT2D eigenvalue weighted by atomic mass is 16.6. The van der Waals surface area contributed by atoms with Crippen molar-refractivity contribution < 1.29 is 14.8 Å². The Morgan fingerprint density at radius 3 is 2.84 bits per heavy atom. The van der Waals surface area contributed by atoms with Gasteiger partial charge in [0.1, 0.15) is 6.04 Å². The van der Waals surface area contributed by atoms with Gasteiger partial charge in [0.05, 0.1) is 4.92 Å². The van der Waals surface area contributed by atoms with Gasteiger partial charge in [-0.25, -0.2) is 9.78 Å². The normalized spacial score (nSPS) is 11.9. The van der Waals surface area contributed by atoms with Crippen molar-refractivity contribution in [2.75, 3.05) is 5.32 Å². The van der Waals surface area contributed by atoms with Crippen LogP contribution in [0.3, 0.4) is 0 Å². The van der Waals surface area contributed by atoms with Gasteiger partial charge >= 0.3 is 11.7 Å². The molecule has 104 valence electrons. The van der Waals surface area contributed by atoms with Gasteiger partial charge in [0.15, 0.2) is 0 Å². The molecule has 0 aromatic carbocycles. The van der Waals surface area contributed by atoms with Crippen molar-refractivity contribution in [3.63, 3.8) is 0 Å². The molecule has 1 heterocycles. The van der Waals surface area contributed by atoms with Gasteiger partial charge in [-0.1, -0.05) is 19.8 Å². The number of pyridine rings is 1. The standard InChI is InChI=1S/C12H17N3O4/c1-3-4-5-9(12(16)17)14-11-10(15(18)19)6-8(2)7-13-11/h6-7,9H,3-5H2,1-2H3,(H,13,14)(H,16,17). The molecular weight excluding hydrogens is 250 g/mol. The molecular formula is C12H17N3O4. The molecule has 1 atom stereocenters. The monoisotopic (exact) mass is 267 g/mol. The zero-order valence-electron chi connectivity index (χ0n) is 10.9. The lowest BCUT2D eigenvalue weighted by Crippen LogP contribution is -2.29. The van der Waals surface area contributed by atoms with Crippen LogP contribution in [0.5, 0.6) is 0 Å². The van der Waals surface area contributed by atoms with Crippen molar-refractivity contribution in [1.29, 1.82) is 0 Å². The van der Waals surface area contributed by atoms with Crippen molar-refractivity contribution in [3.8, 4) is 0 Å². The first kappa shape index (κ1) is 14.9. The maximum Gasteiger partial charge on any atom is 0.326 e. The minimum atomic E-state index is -1.04. The number of rotatable bonds is 7. The molecule has 7 nitrogen and oxygen atoms in total. The van der Waals surface area contributed by atoms with Crippen molar-refractivity contribution >= 4 is 17.5 Å². The fourth-order valence-electron chi connectivity index (χ4n) is 1.63. The Morgan fingerprint density at radius 2 is 2.32 bits per heavy atom. The minimum Gasteiger partial charge on any atom is -0.480 e. The summed E-state index contributed by atoms with van der Waals surface area (Å²) in [5, 5.41) is 22.6. The number of hydrogen-bond acceptors (Lipinski definition) is 5. The highest BCUT2D eigenvalue weighted by Gasteiger charge is 2.22. The number of aromatic nitrogens is 1. The molecule has 1 unspecified atom stereocenters. The second-order valence-corrected chi connectivity index (χ2v) is 4.31. The third kappa shape index (κ3) is 4.20. The highest BCUT2D eigenvalue weighted by Crippen LogP contribution is 2.23. The highest BCUT2D eigenvalue weighted by molar-refractivity contribution is 5.78. The molecule has 0 spiro atoms. The molecule has 0 saturated heterocycles. The summed E-state index contributed by atoms with van der Waals surface area (Å²) in [5.74, 6) is -1.04. The number of nitro groups is 1. The van der Waals surface area contributed by atoms with Crippen LogP contribution in [0.4, 0.5) is 11.5 Å². The predicted octanol–water partition coefficient (Wildman–Crippen LogP) is 2.35. The molecule has 19 heavy (non-hydrogen) atoms. The third-order valence-electron chi connectivity index (χ3n) is 2.66. The zero-order valence-corrected chi connectivity index (χ0v) is 10.9. The van der Waals surface area contributed by atoms with Crippen molar-refractivity contribution in [2.24, 2.45) is 0 Å². The van der Waals surface area contributed by atoms with Crippen LogP contribution in [0.25, 0.3) is 0 Å². The summed E-state index contributed by atoms with van der Waals surface area (Å²) in [6.45, 7) is 3.64. The van der Waals surface area contributed by atoms with E-state index in [4.69, 9.17) is 5.11 Å². The number of carboxylic acids is 1. The van der Waals surface area contributed by atoms with Crippen LogP contribution in [0.15, 0.2) is 12.3 Å². The minimum absolute atomic E-state index is 0.000830. The van der Waals surface area contributed by atoms with E-state index in [2.05, 4.69) is 10.3 Å². The zero-order chi connectivity index (χ0) is 14.4. The molecule has 0 aliphatic rings. The molecule has 1 aromatic rings. The number of nitrogens with one attached hydrogen (secondary N) is 1. The number of hydrogen-bond donors (Lipinski definition) is 2. The summed E-state index contributed by atoms with van der Waals surface area (Å²) in [7, 11) is 0. The maximum absolute atomic E-state index is 11.1. The Bertz CT molecular complexity index is 476. The van der Waals surface area contributed by atoms with E-state index in [9.17, 15) is 14.9 Å². The van der Waals surface area contributed by atoms with E-state index < -0.39 is 16.9 Å². The van der Waals surface area contributed by atoms with Crippen LogP contribution >= 0.6 is 0 Å². The van der Waals surface area contributed by atoms with Crippen LogP contribution in [0.1, 0.15) is 31.7 Å². The Kier molecular flexibility index (Phi) is 5.23. The van der Waals surface area contributed by atoms with E-state index in [1.807, 2.05) is 6.92 Å². The van der Waals surface area contributed by atoms with Crippen LogP contribution in [0.2, 0.25) is 0 Å². The van der Waals surface area contributed by atoms with E-state index in [0.29, 0.717) is 12.0 Å². The first-order chi connectivity index (χ1) is 8.95. The van der Waals surface area contributed by atoms with E-state index in [0.717, 1.165) is 12.8 Å². The van der Waals surface area contributed by atoms with Gasteiger partial charge < -0.3 is 10.4 Å². The Labute approximate surface area is 110 Å². The van der Waals surface area contributed by atoms with Crippen molar-refractivity contribution in [2.45, 2.75) is 39.2 Å². The summed E-state index contributed by atoms with van der Waals surface area (Å²) in [5.41, 5.74) is 0.445. The van der Waals surface area contributed by atoms with E-state index >= 15 is 0 Å². The van der Waals surface area contributed by atoms with Gasteiger partial charge in [-0.2, -0.15) is 0 Å². The van der Waals surface area contributed by atoms with E-state index in [-0.39, 0.29) is 11.5 Å². The quantitative estimate of drug-likeness (QED) is 0.580. The lowest BCUT2D eigenvalue weighted by molar-refractivity contribution is -0.384. The fourth-order valence-corrected chi connectivity index (χ4v) is 1.63. The summed E-state index contributed by atoms with van der Waals surface area (Å²) in [4.78, 5) is 25.4. The van der Waals surface area contributed by atoms with Gasteiger partial charge in [0.2, 0.25) is 5.82 Å². The average molecular weight is 267 g/mol. The molecule has 0 saturated carbocycles. The summed E-state index contributed by atoms with van der Waals surface area (Å²) >= 11 is 0. The lowest BCUT2D eigenvalue weighted by atomic mass is 10.1. The average Bonchev–Trinajstić information content (AvgIpc) is 2.35. The van der Waals surface area contributed by atoms with Gasteiger partial charge in [0.25, 0.3) is 0 Å². The number of unbranched alkanes of at least 4 members (excludes halogenated alkanes) is 1. The summed E-state index contributed by atoms with van der Waals surface area (Å²) < 4.78 is 0. The molecule has 0 bridgehead atoms. The van der Waals surface area contributed by atoms with E-state index in [1.54, 1.807) is 6.92 Å². The molecule has 0 fully saturated rings. The topological polar surface area (TPSA) is 105 Å². The van der Waals surface area contributed by atoms with Gasteiger partial charge in [-0.05, 0) is 18.9 Å². The number of carboxylic acid groups (broad SMARTS) is 1. The SMILES string of the molecule is CCCCC(Nc1ncc(C)cc1[N+](=O)[O-])C(=O)O. The van der Waals surface area contributed by atoms with E-state index in [1.165, 1.54) is 12.3 Å².